The van der Waals surface area contributed by atoms with E-state index in [-0.39, 0.29) is 22.9 Å². The lowest BCUT2D eigenvalue weighted by atomic mass is 10.0. The fourth-order valence-corrected chi connectivity index (χ4v) is 2.54. The Labute approximate surface area is 115 Å². The standard InChI is InChI=1S/C14H17FN4O/c1-8-14(20)19-13-11(18-8)3-2-9(12(13)15)6-10-7-16-4-5-17-10/h2-3,10,16-17H,4-7H2,1H3,(H,19,20). The fourth-order valence-electron chi connectivity index (χ4n) is 2.54. The molecule has 1 atom stereocenters. The molecule has 1 saturated heterocycles. The second-order valence-electron chi connectivity index (χ2n) is 5.14. The number of nitrogens with zero attached hydrogens (tertiary/aromatic N) is 1. The molecule has 2 aromatic rings. The van der Waals surface area contributed by atoms with E-state index < -0.39 is 0 Å². The summed E-state index contributed by atoms with van der Waals surface area (Å²) in [6, 6.07) is 3.71. The Hall–Kier alpha value is -1.79. The van der Waals surface area contributed by atoms with Crippen LogP contribution in [0.1, 0.15) is 11.3 Å². The van der Waals surface area contributed by atoms with Gasteiger partial charge in [-0.15, -0.1) is 0 Å². The molecule has 2 heterocycles. The first-order valence-corrected chi connectivity index (χ1v) is 6.77. The van der Waals surface area contributed by atoms with Crippen LogP contribution in [0.5, 0.6) is 0 Å². The first-order chi connectivity index (χ1) is 9.65. The molecule has 1 fully saturated rings. The molecule has 3 N–H and O–H groups in total. The zero-order valence-corrected chi connectivity index (χ0v) is 11.3. The third-order valence-electron chi connectivity index (χ3n) is 3.65. The van der Waals surface area contributed by atoms with Crippen LogP contribution in [0.2, 0.25) is 0 Å². The number of halogens is 1. The third-order valence-corrected chi connectivity index (χ3v) is 3.65. The topological polar surface area (TPSA) is 69.8 Å². The molecule has 0 spiro atoms. The molecule has 1 aliphatic heterocycles. The molecule has 0 aliphatic carbocycles. The van der Waals surface area contributed by atoms with Crippen molar-refractivity contribution in [3.8, 4) is 0 Å². The minimum atomic E-state index is -0.375. The minimum absolute atomic E-state index is 0.196. The van der Waals surface area contributed by atoms with Gasteiger partial charge in [0.25, 0.3) is 5.56 Å². The lowest BCUT2D eigenvalue weighted by Gasteiger charge is -2.24. The van der Waals surface area contributed by atoms with E-state index in [1.165, 1.54) is 0 Å². The summed E-state index contributed by atoms with van der Waals surface area (Å²) in [5, 5.41) is 6.62. The van der Waals surface area contributed by atoms with Crippen LogP contribution in [0.25, 0.3) is 11.0 Å². The van der Waals surface area contributed by atoms with Crippen LogP contribution >= 0.6 is 0 Å². The summed E-state index contributed by atoms with van der Waals surface area (Å²) in [6.07, 6.45) is 0.588. The Morgan fingerprint density at radius 1 is 1.40 bits per heavy atom. The number of benzene rings is 1. The van der Waals surface area contributed by atoms with E-state index in [1.54, 1.807) is 19.1 Å². The summed E-state index contributed by atoms with van der Waals surface area (Å²) < 4.78 is 14.5. The van der Waals surface area contributed by atoms with Gasteiger partial charge in [-0.05, 0) is 25.0 Å². The van der Waals surface area contributed by atoms with Crippen molar-refractivity contribution in [1.82, 2.24) is 20.6 Å². The quantitative estimate of drug-likeness (QED) is 0.746. The van der Waals surface area contributed by atoms with Gasteiger partial charge in [-0.2, -0.15) is 0 Å². The predicted octanol–water partition coefficient (Wildman–Crippen LogP) is 0.475. The minimum Gasteiger partial charge on any atom is -0.317 e. The number of piperazine rings is 1. The second kappa shape index (κ2) is 5.30. The summed E-state index contributed by atoms with van der Waals surface area (Å²) in [5.41, 5.74) is 1.29. The third kappa shape index (κ3) is 2.44. The highest BCUT2D eigenvalue weighted by Gasteiger charge is 2.17. The van der Waals surface area contributed by atoms with E-state index in [1.807, 2.05) is 0 Å². The molecule has 0 amide bonds. The Morgan fingerprint density at radius 2 is 2.25 bits per heavy atom. The molecule has 106 valence electrons. The molecule has 1 aromatic carbocycles. The molecule has 3 rings (SSSR count). The number of H-pyrrole nitrogens is 1. The molecule has 0 bridgehead atoms. The van der Waals surface area contributed by atoms with Crippen LogP contribution in [-0.2, 0) is 6.42 Å². The van der Waals surface area contributed by atoms with Gasteiger partial charge < -0.3 is 15.6 Å². The second-order valence-corrected chi connectivity index (χ2v) is 5.14. The van der Waals surface area contributed by atoms with Gasteiger partial charge >= 0.3 is 0 Å². The van der Waals surface area contributed by atoms with Crippen molar-refractivity contribution in [2.45, 2.75) is 19.4 Å². The Bertz CT molecular complexity index is 691. The number of nitrogens with one attached hydrogen (secondary N) is 3. The van der Waals surface area contributed by atoms with E-state index in [4.69, 9.17) is 0 Å². The summed E-state index contributed by atoms with van der Waals surface area (Å²) >= 11 is 0. The normalized spacial score (nSPS) is 19.4. The molecular formula is C14H17FN4O. The number of hydrogen-bond donors (Lipinski definition) is 3. The Morgan fingerprint density at radius 3 is 3.00 bits per heavy atom. The molecule has 0 saturated carbocycles. The van der Waals surface area contributed by atoms with Crippen LogP contribution in [0, 0.1) is 12.7 Å². The van der Waals surface area contributed by atoms with Crippen molar-refractivity contribution in [3.05, 3.63) is 39.6 Å². The number of fused-ring (bicyclic) bond motifs is 1. The monoisotopic (exact) mass is 276 g/mol. The van der Waals surface area contributed by atoms with Gasteiger partial charge in [-0.25, -0.2) is 9.37 Å². The molecular weight excluding hydrogens is 259 g/mol. The van der Waals surface area contributed by atoms with Gasteiger partial charge in [0.15, 0.2) is 5.82 Å². The van der Waals surface area contributed by atoms with Crippen molar-refractivity contribution < 1.29 is 4.39 Å². The molecule has 5 nitrogen and oxygen atoms in total. The Balaban J connectivity index is 1.97. The van der Waals surface area contributed by atoms with E-state index >= 15 is 0 Å². The summed E-state index contributed by atoms with van der Waals surface area (Å²) in [4.78, 5) is 18.3. The Kier molecular flexibility index (Phi) is 3.50. The molecule has 1 unspecified atom stereocenters. The molecule has 6 heteroatoms. The molecule has 20 heavy (non-hydrogen) atoms. The zero-order valence-electron chi connectivity index (χ0n) is 11.3. The van der Waals surface area contributed by atoms with Gasteiger partial charge in [0.1, 0.15) is 11.2 Å². The highest BCUT2D eigenvalue weighted by atomic mass is 19.1. The van der Waals surface area contributed by atoms with Crippen molar-refractivity contribution in [3.63, 3.8) is 0 Å². The molecule has 0 radical (unpaired) electrons. The highest BCUT2D eigenvalue weighted by molar-refractivity contribution is 5.75. The number of aryl methyl sites for hydroxylation is 1. The van der Waals surface area contributed by atoms with E-state index in [0.717, 1.165) is 19.6 Å². The van der Waals surface area contributed by atoms with Crippen molar-refractivity contribution in [2.24, 2.45) is 0 Å². The van der Waals surface area contributed by atoms with E-state index in [2.05, 4.69) is 20.6 Å². The largest absolute Gasteiger partial charge is 0.317 e. The lowest BCUT2D eigenvalue weighted by molar-refractivity contribution is 0.412. The zero-order chi connectivity index (χ0) is 14.1. The predicted molar refractivity (Wildman–Crippen MR) is 75.4 cm³/mol. The molecule has 1 aromatic heterocycles. The van der Waals surface area contributed by atoms with Gasteiger partial charge in [-0.1, -0.05) is 6.07 Å². The van der Waals surface area contributed by atoms with Crippen LogP contribution in [0.4, 0.5) is 4.39 Å². The SMILES string of the molecule is Cc1nc2ccc(CC3CNCCN3)c(F)c2[nH]c1=O. The molecule has 1 aliphatic rings. The van der Waals surface area contributed by atoms with Crippen LogP contribution in [-0.4, -0.2) is 35.6 Å². The van der Waals surface area contributed by atoms with Crippen LogP contribution in [0.3, 0.4) is 0 Å². The maximum atomic E-state index is 14.5. The van der Waals surface area contributed by atoms with Crippen LogP contribution < -0.4 is 16.2 Å². The van der Waals surface area contributed by atoms with E-state index in [0.29, 0.717) is 23.2 Å². The number of rotatable bonds is 2. The fraction of sp³-hybridized carbons (Fsp3) is 0.429. The average molecular weight is 276 g/mol. The van der Waals surface area contributed by atoms with Gasteiger partial charge in [-0.3, -0.25) is 4.79 Å². The van der Waals surface area contributed by atoms with Gasteiger partial charge in [0.2, 0.25) is 0 Å². The first-order valence-electron chi connectivity index (χ1n) is 6.77. The smallest absolute Gasteiger partial charge is 0.269 e. The van der Waals surface area contributed by atoms with Crippen molar-refractivity contribution >= 4 is 11.0 Å². The number of aromatic amines is 1. The number of hydrogen-bond acceptors (Lipinski definition) is 4. The van der Waals surface area contributed by atoms with Gasteiger partial charge in [0.05, 0.1) is 5.52 Å². The van der Waals surface area contributed by atoms with Gasteiger partial charge in [0, 0.05) is 25.7 Å². The van der Waals surface area contributed by atoms with Crippen molar-refractivity contribution in [2.75, 3.05) is 19.6 Å². The average Bonchev–Trinajstić information content (AvgIpc) is 2.46. The van der Waals surface area contributed by atoms with E-state index in [9.17, 15) is 9.18 Å². The first kappa shape index (κ1) is 13.2. The number of aromatic nitrogens is 2. The summed E-state index contributed by atoms with van der Waals surface area (Å²) in [5.74, 6) is -0.375. The lowest BCUT2D eigenvalue weighted by Crippen LogP contribution is -2.49. The highest BCUT2D eigenvalue weighted by Crippen LogP contribution is 2.18. The van der Waals surface area contributed by atoms with Crippen LogP contribution in [0.15, 0.2) is 16.9 Å². The maximum Gasteiger partial charge on any atom is 0.269 e. The van der Waals surface area contributed by atoms with Crippen molar-refractivity contribution in [1.29, 1.82) is 0 Å². The summed E-state index contributed by atoms with van der Waals surface area (Å²) in [6.45, 7) is 4.26. The summed E-state index contributed by atoms with van der Waals surface area (Å²) in [7, 11) is 0. The maximum absolute atomic E-state index is 14.5.